The van der Waals surface area contributed by atoms with Crippen molar-refractivity contribution in [3.63, 3.8) is 0 Å². The lowest BCUT2D eigenvalue weighted by Crippen LogP contribution is -2.01. The highest BCUT2D eigenvalue weighted by Gasteiger charge is 2.04. The average Bonchev–Trinajstić information content (AvgIpc) is 2.64. The number of hydrogen-bond acceptors (Lipinski definition) is 2. The zero-order valence-corrected chi connectivity index (χ0v) is 11.9. The van der Waals surface area contributed by atoms with Crippen molar-refractivity contribution in [2.75, 3.05) is 0 Å². The van der Waals surface area contributed by atoms with Crippen LogP contribution in [-0.4, -0.2) is 14.8 Å². The summed E-state index contributed by atoms with van der Waals surface area (Å²) >= 11 is 5.65. The Morgan fingerprint density at radius 3 is 2.80 bits per heavy atom. The molecule has 0 saturated carbocycles. The van der Waals surface area contributed by atoms with E-state index in [1.807, 2.05) is 25.5 Å². The molecule has 0 amide bonds. The van der Waals surface area contributed by atoms with E-state index in [0.29, 0.717) is 0 Å². The summed E-state index contributed by atoms with van der Waals surface area (Å²) in [5.74, 6) is 0.891. The van der Waals surface area contributed by atoms with Crippen LogP contribution < -0.4 is 0 Å². The van der Waals surface area contributed by atoms with Crippen molar-refractivity contribution in [3.05, 3.63) is 39.4 Å². The van der Waals surface area contributed by atoms with E-state index in [4.69, 9.17) is 0 Å². The van der Waals surface area contributed by atoms with Gasteiger partial charge in [0.05, 0.1) is 9.77 Å². The van der Waals surface area contributed by atoms with E-state index in [1.165, 1.54) is 5.56 Å². The van der Waals surface area contributed by atoms with Crippen molar-refractivity contribution in [1.29, 1.82) is 0 Å². The molecule has 0 bridgehead atoms. The summed E-state index contributed by atoms with van der Waals surface area (Å²) in [6.45, 7) is 2.04. The van der Waals surface area contributed by atoms with Crippen LogP contribution in [0.1, 0.15) is 11.1 Å². The predicted octanol–water partition coefficient (Wildman–Crippen LogP) is 3.08. The molecule has 0 fully saturated rings. The van der Waals surface area contributed by atoms with Crippen LogP contribution in [-0.2, 0) is 5.33 Å². The second kappa shape index (κ2) is 4.61. The Kier molecular flexibility index (Phi) is 3.40. The Hall–Kier alpha value is -0.430. The number of halogens is 2. The first-order valence-electron chi connectivity index (χ1n) is 4.42. The minimum absolute atomic E-state index is 0.831. The minimum atomic E-state index is 0.831. The molecule has 2 rings (SSSR count). The largest absolute Gasteiger partial charge is 0.237 e. The van der Waals surface area contributed by atoms with E-state index in [9.17, 15) is 0 Å². The molecule has 2 heterocycles. The van der Waals surface area contributed by atoms with E-state index in [0.717, 1.165) is 20.3 Å². The topological polar surface area (TPSA) is 30.7 Å². The fraction of sp³-hybridized carbons (Fsp3) is 0.200. The Labute approximate surface area is 110 Å². The van der Waals surface area contributed by atoms with Gasteiger partial charge in [0.1, 0.15) is 0 Å². The fourth-order valence-corrected chi connectivity index (χ4v) is 2.05. The van der Waals surface area contributed by atoms with Crippen LogP contribution in [0, 0.1) is 10.5 Å². The molecule has 2 aromatic heterocycles. The normalized spacial score (nSPS) is 10.6. The molecule has 0 unspecified atom stereocenters. The Morgan fingerprint density at radius 2 is 2.27 bits per heavy atom. The molecular weight excluding hydrogens is 369 g/mol. The number of aromatic nitrogens is 3. The first-order chi connectivity index (χ1) is 7.20. The van der Waals surface area contributed by atoms with Gasteiger partial charge in [-0.05, 0) is 46.7 Å². The number of alkyl halides is 1. The van der Waals surface area contributed by atoms with Crippen LogP contribution in [0.25, 0.3) is 5.82 Å². The lowest BCUT2D eigenvalue weighted by molar-refractivity contribution is 0.836. The molecule has 0 radical (unpaired) electrons. The van der Waals surface area contributed by atoms with E-state index in [2.05, 4.69) is 54.7 Å². The molecule has 0 saturated heterocycles. The maximum atomic E-state index is 4.40. The first-order valence-corrected chi connectivity index (χ1v) is 6.63. The molecule has 0 N–H and O–H groups in total. The minimum Gasteiger partial charge on any atom is -0.237 e. The highest BCUT2D eigenvalue weighted by molar-refractivity contribution is 14.1. The summed E-state index contributed by atoms with van der Waals surface area (Å²) in [4.78, 5) is 4.40. The third kappa shape index (κ3) is 2.39. The van der Waals surface area contributed by atoms with Crippen LogP contribution >= 0.6 is 38.5 Å². The number of rotatable bonds is 2. The summed E-state index contributed by atoms with van der Waals surface area (Å²) in [6.07, 6.45) is 5.65. The van der Waals surface area contributed by atoms with Gasteiger partial charge in [-0.1, -0.05) is 15.9 Å². The Morgan fingerprint density at radius 1 is 1.47 bits per heavy atom. The van der Waals surface area contributed by atoms with Crippen LogP contribution in [0.5, 0.6) is 0 Å². The lowest BCUT2D eigenvalue weighted by atomic mass is 10.2. The second-order valence-corrected chi connectivity index (χ2v) is 5.03. The summed E-state index contributed by atoms with van der Waals surface area (Å²) in [5, 5.41) is 5.07. The number of hydrogen-bond donors (Lipinski definition) is 0. The van der Waals surface area contributed by atoms with Crippen molar-refractivity contribution in [2.45, 2.75) is 12.3 Å². The molecule has 78 valence electrons. The SMILES string of the molecule is Cc1cc(CBr)cnc1-n1cc(I)cn1. The van der Waals surface area contributed by atoms with Gasteiger partial charge in [0, 0.05) is 17.7 Å². The molecular formula is C10H9BrIN3. The third-order valence-corrected chi connectivity index (χ3v) is 3.23. The second-order valence-electron chi connectivity index (χ2n) is 3.22. The van der Waals surface area contributed by atoms with Gasteiger partial charge in [-0.25, -0.2) is 9.67 Å². The molecule has 3 nitrogen and oxygen atoms in total. The summed E-state index contributed by atoms with van der Waals surface area (Å²) in [6, 6.07) is 2.12. The van der Waals surface area contributed by atoms with E-state index in [1.54, 1.807) is 4.68 Å². The van der Waals surface area contributed by atoms with Gasteiger partial charge in [0.2, 0.25) is 0 Å². The summed E-state index contributed by atoms with van der Waals surface area (Å²) in [5.41, 5.74) is 2.31. The first kappa shape index (κ1) is 11.1. The standard InChI is InChI=1S/C10H9BrIN3/c1-7-2-8(3-11)4-13-10(7)15-6-9(12)5-14-15/h2,4-6H,3H2,1H3. The number of pyridine rings is 1. The van der Waals surface area contributed by atoms with Crippen molar-refractivity contribution < 1.29 is 0 Å². The molecule has 0 aromatic carbocycles. The molecule has 0 aliphatic carbocycles. The van der Waals surface area contributed by atoms with Crippen LogP contribution in [0.4, 0.5) is 0 Å². The molecule has 5 heteroatoms. The lowest BCUT2D eigenvalue weighted by Gasteiger charge is -2.05. The van der Waals surface area contributed by atoms with Gasteiger partial charge in [0.25, 0.3) is 0 Å². The van der Waals surface area contributed by atoms with Gasteiger partial charge in [-0.3, -0.25) is 0 Å². The van der Waals surface area contributed by atoms with Gasteiger partial charge < -0.3 is 0 Å². The maximum Gasteiger partial charge on any atom is 0.156 e. The van der Waals surface area contributed by atoms with Crippen molar-refractivity contribution in [3.8, 4) is 5.82 Å². The average molecular weight is 378 g/mol. The van der Waals surface area contributed by atoms with Crippen LogP contribution in [0.3, 0.4) is 0 Å². The molecule has 0 aliphatic heterocycles. The van der Waals surface area contributed by atoms with E-state index in [-0.39, 0.29) is 0 Å². The zero-order chi connectivity index (χ0) is 10.8. The number of nitrogens with zero attached hydrogens (tertiary/aromatic N) is 3. The van der Waals surface area contributed by atoms with Crippen molar-refractivity contribution in [2.24, 2.45) is 0 Å². The highest BCUT2D eigenvalue weighted by Crippen LogP contribution is 2.14. The third-order valence-electron chi connectivity index (χ3n) is 2.03. The summed E-state index contributed by atoms with van der Waals surface area (Å²) < 4.78 is 2.91. The van der Waals surface area contributed by atoms with Crippen molar-refractivity contribution >= 4 is 38.5 Å². The zero-order valence-electron chi connectivity index (χ0n) is 8.11. The van der Waals surface area contributed by atoms with E-state index >= 15 is 0 Å². The predicted molar refractivity (Wildman–Crippen MR) is 71.4 cm³/mol. The monoisotopic (exact) mass is 377 g/mol. The molecule has 2 aromatic rings. The van der Waals surface area contributed by atoms with Gasteiger partial charge in [-0.2, -0.15) is 5.10 Å². The van der Waals surface area contributed by atoms with Crippen molar-refractivity contribution in [1.82, 2.24) is 14.8 Å². The maximum absolute atomic E-state index is 4.40. The van der Waals surface area contributed by atoms with Gasteiger partial charge in [-0.15, -0.1) is 0 Å². The molecule has 0 spiro atoms. The fourth-order valence-electron chi connectivity index (χ4n) is 1.36. The van der Waals surface area contributed by atoms with Crippen LogP contribution in [0.15, 0.2) is 24.7 Å². The van der Waals surface area contributed by atoms with Crippen LogP contribution in [0.2, 0.25) is 0 Å². The molecule has 0 atom stereocenters. The Balaban J connectivity index is 2.45. The quantitative estimate of drug-likeness (QED) is 0.594. The molecule has 15 heavy (non-hydrogen) atoms. The molecule has 0 aliphatic rings. The highest BCUT2D eigenvalue weighted by atomic mass is 127. The number of aryl methyl sites for hydroxylation is 1. The summed E-state index contributed by atoms with van der Waals surface area (Å²) in [7, 11) is 0. The van der Waals surface area contributed by atoms with Gasteiger partial charge in [0.15, 0.2) is 5.82 Å². The van der Waals surface area contributed by atoms with Gasteiger partial charge >= 0.3 is 0 Å². The Bertz CT molecular complexity index is 481. The van der Waals surface area contributed by atoms with E-state index < -0.39 is 0 Å². The smallest absolute Gasteiger partial charge is 0.156 e.